The Balaban J connectivity index is 1.17. The first-order chi connectivity index (χ1) is 18.7. The molecule has 0 amide bonds. The van der Waals surface area contributed by atoms with Gasteiger partial charge in [0.1, 0.15) is 12.4 Å². The first-order valence-electron chi connectivity index (χ1n) is 12.1. The highest BCUT2D eigenvalue weighted by Gasteiger charge is 2.31. The minimum Gasteiger partial charge on any atom is -0.478 e. The molecule has 12 heteroatoms. The second-order valence-corrected chi connectivity index (χ2v) is 9.39. The second-order valence-electron chi connectivity index (χ2n) is 8.53. The molecule has 0 saturated heterocycles. The maximum absolute atomic E-state index is 12.4. The van der Waals surface area contributed by atoms with E-state index in [4.69, 9.17) is 9.47 Å². The van der Waals surface area contributed by atoms with Gasteiger partial charge >= 0.3 is 12.3 Å². The molecule has 206 valence electrons. The van der Waals surface area contributed by atoms with Crippen LogP contribution in [-0.4, -0.2) is 53.8 Å². The van der Waals surface area contributed by atoms with Gasteiger partial charge in [0.05, 0.1) is 22.2 Å². The molecular formula is C27H25BrF3N3O5. The summed E-state index contributed by atoms with van der Waals surface area (Å²) >= 11 is 3.10. The minimum atomic E-state index is -4.73. The van der Waals surface area contributed by atoms with Gasteiger partial charge in [0.15, 0.2) is 0 Å². The Kier molecular flexibility index (Phi) is 9.54. The Morgan fingerprint density at radius 1 is 1.00 bits per heavy atom. The van der Waals surface area contributed by atoms with Crippen molar-refractivity contribution in [2.75, 3.05) is 26.4 Å². The summed E-state index contributed by atoms with van der Waals surface area (Å²) in [5.41, 5.74) is 1.48. The number of carboxylic acids is 1. The van der Waals surface area contributed by atoms with Gasteiger partial charge < -0.3 is 24.6 Å². The molecule has 0 aliphatic rings. The molecule has 0 atom stereocenters. The van der Waals surface area contributed by atoms with E-state index >= 15 is 0 Å². The number of aromatic carboxylic acids is 1. The number of carbonyl (C=O) groups is 1. The Morgan fingerprint density at radius 2 is 1.85 bits per heavy atom. The van der Waals surface area contributed by atoms with Crippen molar-refractivity contribution in [2.24, 2.45) is 0 Å². The maximum atomic E-state index is 12.4. The highest BCUT2D eigenvalue weighted by molar-refractivity contribution is 9.10. The van der Waals surface area contributed by atoms with Gasteiger partial charge in [-0.25, -0.2) is 9.78 Å². The van der Waals surface area contributed by atoms with Crippen molar-refractivity contribution in [1.82, 2.24) is 15.3 Å². The average molecular weight is 608 g/mol. The van der Waals surface area contributed by atoms with Crippen molar-refractivity contribution in [3.8, 4) is 11.6 Å². The molecule has 4 rings (SSSR count). The molecule has 8 nitrogen and oxygen atoms in total. The van der Waals surface area contributed by atoms with E-state index in [-0.39, 0.29) is 22.4 Å². The highest BCUT2D eigenvalue weighted by atomic mass is 79.9. The van der Waals surface area contributed by atoms with Crippen molar-refractivity contribution in [3.05, 3.63) is 70.5 Å². The molecule has 2 aromatic carbocycles. The third-order valence-electron chi connectivity index (χ3n) is 5.72. The molecule has 0 spiro atoms. The lowest BCUT2D eigenvalue weighted by Gasteiger charge is -2.12. The summed E-state index contributed by atoms with van der Waals surface area (Å²) in [5.74, 6) is -0.918. The molecule has 0 bridgehead atoms. The highest BCUT2D eigenvalue weighted by Crippen LogP contribution is 2.32. The van der Waals surface area contributed by atoms with Crippen LogP contribution in [0.2, 0.25) is 0 Å². The van der Waals surface area contributed by atoms with Crippen molar-refractivity contribution in [2.45, 2.75) is 25.7 Å². The predicted octanol–water partition coefficient (Wildman–Crippen LogP) is 6.11. The van der Waals surface area contributed by atoms with E-state index < -0.39 is 12.3 Å². The monoisotopic (exact) mass is 607 g/mol. The van der Waals surface area contributed by atoms with Gasteiger partial charge in [0.25, 0.3) is 0 Å². The number of aromatic nitrogens is 2. The number of halogens is 4. The van der Waals surface area contributed by atoms with Crippen molar-refractivity contribution in [1.29, 1.82) is 0 Å². The molecule has 0 fully saturated rings. The molecule has 2 N–H and O–H groups in total. The number of rotatable bonds is 13. The normalized spacial score (nSPS) is 11.7. The van der Waals surface area contributed by atoms with Crippen molar-refractivity contribution in [3.63, 3.8) is 0 Å². The van der Waals surface area contributed by atoms with Crippen molar-refractivity contribution < 1.29 is 37.3 Å². The van der Waals surface area contributed by atoms with Gasteiger partial charge in [-0.1, -0.05) is 12.1 Å². The van der Waals surface area contributed by atoms with Crippen LogP contribution in [0.25, 0.3) is 21.7 Å². The number of alkyl halides is 3. The quantitative estimate of drug-likeness (QED) is 0.139. The Hall–Kier alpha value is -3.48. The Bertz CT molecular complexity index is 1450. The van der Waals surface area contributed by atoms with Crippen LogP contribution in [0, 0.1) is 0 Å². The number of fused-ring (bicyclic) bond motifs is 3. The summed E-state index contributed by atoms with van der Waals surface area (Å²) in [6.07, 6.45) is 0.287. The third-order valence-corrected chi connectivity index (χ3v) is 6.34. The lowest BCUT2D eigenvalue weighted by atomic mass is 10.1. The molecule has 0 aliphatic carbocycles. The summed E-state index contributed by atoms with van der Waals surface area (Å²) in [7, 11) is 0. The number of pyridine rings is 2. The zero-order valence-electron chi connectivity index (χ0n) is 20.6. The van der Waals surface area contributed by atoms with Crippen LogP contribution in [0.15, 0.2) is 59.3 Å². The number of nitrogens with one attached hydrogen (secondary N) is 1. The van der Waals surface area contributed by atoms with E-state index in [1.807, 2.05) is 0 Å². The first-order valence-corrected chi connectivity index (χ1v) is 12.9. The second kappa shape index (κ2) is 13.0. The molecule has 0 saturated carbocycles. The van der Waals surface area contributed by atoms with Crippen LogP contribution in [0.3, 0.4) is 0 Å². The van der Waals surface area contributed by atoms with E-state index in [0.717, 1.165) is 41.1 Å². The van der Waals surface area contributed by atoms with E-state index in [0.29, 0.717) is 31.2 Å². The van der Waals surface area contributed by atoms with E-state index in [9.17, 15) is 23.1 Å². The average Bonchev–Trinajstić information content (AvgIpc) is 2.90. The molecule has 0 aliphatic heterocycles. The summed E-state index contributed by atoms with van der Waals surface area (Å²) in [4.78, 5) is 20.0. The summed E-state index contributed by atoms with van der Waals surface area (Å²) in [6, 6.07) is 11.0. The number of carboxylic acid groups (broad SMARTS) is 1. The largest absolute Gasteiger partial charge is 0.573 e. The Morgan fingerprint density at radius 3 is 2.62 bits per heavy atom. The minimum absolute atomic E-state index is 0.142. The van der Waals surface area contributed by atoms with Crippen LogP contribution in [0.1, 0.15) is 28.8 Å². The molecular weight excluding hydrogens is 583 g/mol. The van der Waals surface area contributed by atoms with E-state index in [1.54, 1.807) is 36.7 Å². The van der Waals surface area contributed by atoms with Gasteiger partial charge in [0.2, 0.25) is 5.88 Å². The topological polar surface area (TPSA) is 103 Å². The van der Waals surface area contributed by atoms with Gasteiger partial charge in [-0.2, -0.15) is 0 Å². The van der Waals surface area contributed by atoms with Crippen LogP contribution in [0.4, 0.5) is 13.2 Å². The molecule has 0 unspecified atom stereocenters. The van der Waals surface area contributed by atoms with Gasteiger partial charge in [0, 0.05) is 41.7 Å². The molecule has 39 heavy (non-hydrogen) atoms. The van der Waals surface area contributed by atoms with Gasteiger partial charge in [-0.05, 0) is 71.2 Å². The van der Waals surface area contributed by atoms with Crippen LogP contribution in [-0.2, 0) is 11.3 Å². The van der Waals surface area contributed by atoms with Gasteiger partial charge in [-0.15, -0.1) is 13.2 Å². The fraction of sp³-hybridized carbons (Fsp3) is 0.296. The predicted molar refractivity (Wildman–Crippen MR) is 142 cm³/mol. The van der Waals surface area contributed by atoms with Gasteiger partial charge in [-0.3, -0.25) is 4.98 Å². The summed E-state index contributed by atoms with van der Waals surface area (Å²) in [6.45, 7) is 2.40. The lowest BCUT2D eigenvalue weighted by molar-refractivity contribution is -0.274. The SMILES string of the molecule is O=C(O)c1ccc2c(c1)nc(OCCOCCCCNCc1ccc(OC(F)(F)F)c(Br)c1)c1ccncc12. The maximum Gasteiger partial charge on any atom is 0.573 e. The fourth-order valence-corrected chi connectivity index (χ4v) is 4.42. The Labute approximate surface area is 230 Å². The third kappa shape index (κ3) is 8.01. The first kappa shape index (κ1) is 28.5. The van der Waals surface area contributed by atoms with Crippen LogP contribution >= 0.6 is 15.9 Å². The summed E-state index contributed by atoms with van der Waals surface area (Å²) in [5, 5.41) is 14.9. The number of unbranched alkanes of at least 4 members (excludes halogenated alkanes) is 1. The lowest BCUT2D eigenvalue weighted by Crippen LogP contribution is -2.18. The fourth-order valence-electron chi connectivity index (χ4n) is 3.91. The molecule has 2 aromatic heterocycles. The standard InChI is InChI=1S/C27H25BrF3N3O5/c28-22-13-17(3-6-24(22)39-27(29,30)31)15-32-8-1-2-10-37-11-12-38-25-20-7-9-33-16-21(20)19-5-4-18(26(35)36)14-23(19)34-25/h3-7,9,13-14,16,32H,1-2,8,10-12,15H2,(H,35,36). The number of benzene rings is 2. The van der Waals surface area contributed by atoms with Crippen LogP contribution in [0.5, 0.6) is 11.6 Å². The molecule has 4 aromatic rings. The smallest absolute Gasteiger partial charge is 0.478 e. The van der Waals surface area contributed by atoms with E-state index in [1.165, 1.54) is 18.2 Å². The number of hydrogen-bond donors (Lipinski definition) is 2. The van der Waals surface area contributed by atoms with E-state index in [2.05, 4.69) is 36.0 Å². The number of nitrogens with zero attached hydrogens (tertiary/aromatic N) is 2. The number of hydrogen-bond acceptors (Lipinski definition) is 7. The molecule has 0 radical (unpaired) electrons. The molecule has 2 heterocycles. The zero-order chi connectivity index (χ0) is 27.8. The zero-order valence-corrected chi connectivity index (χ0v) is 22.2. The number of ether oxygens (including phenoxy) is 3. The summed E-state index contributed by atoms with van der Waals surface area (Å²) < 4.78 is 52.8. The van der Waals surface area contributed by atoms with Crippen LogP contribution < -0.4 is 14.8 Å². The van der Waals surface area contributed by atoms with Crippen molar-refractivity contribution >= 4 is 43.6 Å².